The minimum absolute atomic E-state index is 0.105. The second-order valence-corrected chi connectivity index (χ2v) is 7.71. The Balaban J connectivity index is 2.26. The van der Waals surface area contributed by atoms with Crippen LogP contribution in [-0.4, -0.2) is 21.6 Å². The number of hydrazine groups is 1. The van der Waals surface area contributed by atoms with Crippen LogP contribution < -0.4 is 10.9 Å². The van der Waals surface area contributed by atoms with Crippen LogP contribution in [0.3, 0.4) is 0 Å². The first-order chi connectivity index (χ1) is 11.5. The first-order valence-corrected chi connectivity index (χ1v) is 8.46. The second kappa shape index (κ2) is 7.23. The molecule has 2 amide bonds. The molecule has 2 N–H and O–H groups in total. The van der Waals surface area contributed by atoms with Gasteiger partial charge < -0.3 is 0 Å². The van der Waals surface area contributed by atoms with Gasteiger partial charge in [-0.3, -0.25) is 20.4 Å². The molecule has 0 bridgehead atoms. The number of aromatic nitrogens is 2. The van der Waals surface area contributed by atoms with Crippen molar-refractivity contribution < 1.29 is 9.59 Å². The monoisotopic (exact) mass is 402 g/mol. The highest BCUT2D eigenvalue weighted by Gasteiger charge is 2.23. The number of hydrogen-bond acceptors (Lipinski definition) is 3. The number of carbonyl (C=O) groups is 2. The van der Waals surface area contributed by atoms with Gasteiger partial charge in [-0.25, -0.2) is 4.68 Å². The third-order valence-electron chi connectivity index (χ3n) is 3.28. The van der Waals surface area contributed by atoms with Crippen LogP contribution in [0.5, 0.6) is 0 Å². The zero-order valence-electron chi connectivity index (χ0n) is 14.1. The fourth-order valence-electron chi connectivity index (χ4n) is 1.91. The van der Waals surface area contributed by atoms with Gasteiger partial charge in [0.1, 0.15) is 5.69 Å². The predicted molar refractivity (Wildman–Crippen MR) is 98.4 cm³/mol. The number of nitrogens with one attached hydrogen (secondary N) is 2. The molecule has 0 spiro atoms. The normalized spacial score (nSPS) is 11.3. The molecule has 6 nitrogen and oxygen atoms in total. The molecule has 134 valence electrons. The van der Waals surface area contributed by atoms with E-state index >= 15 is 0 Å². The summed E-state index contributed by atoms with van der Waals surface area (Å²) in [6, 6.07) is 4.63. The Kier molecular flexibility index (Phi) is 5.66. The molecule has 0 unspecified atom stereocenters. The molecule has 0 aliphatic heterocycles. The standard InChI is InChI=1S/C16H17Cl3N4O2/c1-8-5-12(14(24)20-21-15(25)16(2,3)4)22-23(8)13-10(18)6-9(17)7-11(13)19/h5-7H,1-4H3,(H,20,24)(H,21,25). The number of rotatable bonds is 2. The summed E-state index contributed by atoms with van der Waals surface area (Å²) in [5, 5.41) is 5.21. The summed E-state index contributed by atoms with van der Waals surface area (Å²) in [5.74, 6) is -0.874. The van der Waals surface area contributed by atoms with Gasteiger partial charge in [-0.15, -0.1) is 0 Å². The van der Waals surface area contributed by atoms with E-state index in [1.165, 1.54) is 16.8 Å². The van der Waals surface area contributed by atoms with Gasteiger partial charge in [-0.05, 0) is 25.1 Å². The van der Waals surface area contributed by atoms with Crippen LogP contribution in [0.4, 0.5) is 0 Å². The molecule has 9 heteroatoms. The lowest BCUT2D eigenvalue weighted by atomic mass is 9.96. The van der Waals surface area contributed by atoms with Crippen LogP contribution in [0, 0.1) is 12.3 Å². The summed E-state index contributed by atoms with van der Waals surface area (Å²) in [6.07, 6.45) is 0. The highest BCUT2D eigenvalue weighted by atomic mass is 35.5. The molecule has 1 aromatic heterocycles. The smallest absolute Gasteiger partial charge is 0.273 e. The Morgan fingerprint density at radius 3 is 2.12 bits per heavy atom. The van der Waals surface area contributed by atoms with E-state index in [1.54, 1.807) is 33.8 Å². The number of halogens is 3. The third-order valence-corrected chi connectivity index (χ3v) is 4.08. The molecule has 1 aromatic carbocycles. The molecule has 2 rings (SSSR count). The van der Waals surface area contributed by atoms with Crippen LogP contribution in [0.1, 0.15) is 37.0 Å². The van der Waals surface area contributed by atoms with Crippen molar-refractivity contribution in [3.05, 3.63) is 44.7 Å². The van der Waals surface area contributed by atoms with E-state index in [-0.39, 0.29) is 11.6 Å². The van der Waals surface area contributed by atoms with Crippen molar-refractivity contribution in [1.29, 1.82) is 0 Å². The highest BCUT2D eigenvalue weighted by molar-refractivity contribution is 6.40. The van der Waals surface area contributed by atoms with Crippen LogP contribution in [0.25, 0.3) is 5.69 Å². The Labute approximate surface area is 160 Å². The molecule has 0 aliphatic carbocycles. The second-order valence-electron chi connectivity index (χ2n) is 6.46. The molecule has 0 saturated heterocycles. The van der Waals surface area contributed by atoms with Crippen LogP contribution >= 0.6 is 34.8 Å². The van der Waals surface area contributed by atoms with E-state index in [1.807, 2.05) is 0 Å². The van der Waals surface area contributed by atoms with E-state index < -0.39 is 11.3 Å². The number of nitrogens with zero attached hydrogens (tertiary/aromatic N) is 2. The number of amides is 2. The van der Waals surface area contributed by atoms with Gasteiger partial charge in [0.05, 0.1) is 10.0 Å². The molecule has 0 fully saturated rings. The zero-order valence-corrected chi connectivity index (χ0v) is 16.3. The third kappa shape index (κ3) is 4.45. The Hall–Kier alpha value is -1.76. The highest BCUT2D eigenvalue weighted by Crippen LogP contribution is 2.32. The summed E-state index contributed by atoms with van der Waals surface area (Å²) < 4.78 is 1.45. The minimum Gasteiger partial charge on any atom is -0.273 e. The quantitative estimate of drug-likeness (QED) is 0.746. The minimum atomic E-state index is -0.632. The number of aryl methyl sites for hydroxylation is 1. The lowest BCUT2D eigenvalue weighted by Crippen LogP contribution is -2.46. The maximum absolute atomic E-state index is 12.2. The van der Waals surface area contributed by atoms with Gasteiger partial charge >= 0.3 is 0 Å². The van der Waals surface area contributed by atoms with Crippen molar-refractivity contribution in [2.75, 3.05) is 0 Å². The topological polar surface area (TPSA) is 76.0 Å². The summed E-state index contributed by atoms with van der Waals surface area (Å²) in [4.78, 5) is 24.0. The average Bonchev–Trinajstić information content (AvgIpc) is 2.84. The van der Waals surface area contributed by atoms with E-state index in [9.17, 15) is 9.59 Å². The lowest BCUT2D eigenvalue weighted by molar-refractivity contribution is -0.129. The van der Waals surface area contributed by atoms with Gasteiger partial charge in [0.15, 0.2) is 5.69 Å². The summed E-state index contributed by atoms with van der Waals surface area (Å²) in [5.41, 5.74) is 5.23. The van der Waals surface area contributed by atoms with Gasteiger partial charge in [0, 0.05) is 16.1 Å². The van der Waals surface area contributed by atoms with Gasteiger partial charge in [0.25, 0.3) is 5.91 Å². The fraction of sp³-hybridized carbons (Fsp3) is 0.312. The van der Waals surface area contributed by atoms with E-state index in [4.69, 9.17) is 34.8 Å². The SMILES string of the molecule is Cc1cc(C(=O)NNC(=O)C(C)(C)C)nn1-c1c(Cl)cc(Cl)cc1Cl. The van der Waals surface area contributed by atoms with E-state index in [0.717, 1.165) is 0 Å². The van der Waals surface area contributed by atoms with Crippen molar-refractivity contribution in [3.8, 4) is 5.69 Å². The molecule has 0 saturated carbocycles. The predicted octanol–water partition coefficient (Wildman–Crippen LogP) is 3.95. The van der Waals surface area contributed by atoms with Crippen molar-refractivity contribution >= 4 is 46.6 Å². The number of carbonyl (C=O) groups excluding carboxylic acids is 2. The maximum Gasteiger partial charge on any atom is 0.290 e. The largest absolute Gasteiger partial charge is 0.290 e. The molecular weight excluding hydrogens is 387 g/mol. The number of benzene rings is 1. The van der Waals surface area contributed by atoms with Crippen molar-refractivity contribution in [2.24, 2.45) is 5.41 Å². The molecule has 25 heavy (non-hydrogen) atoms. The summed E-state index contributed by atoms with van der Waals surface area (Å²) in [7, 11) is 0. The van der Waals surface area contributed by atoms with Crippen LogP contribution in [-0.2, 0) is 4.79 Å². The Morgan fingerprint density at radius 1 is 1.04 bits per heavy atom. The van der Waals surface area contributed by atoms with Gasteiger partial charge in [0.2, 0.25) is 5.91 Å². The molecule has 2 aromatic rings. The van der Waals surface area contributed by atoms with Gasteiger partial charge in [-0.2, -0.15) is 5.10 Å². The van der Waals surface area contributed by atoms with Gasteiger partial charge in [-0.1, -0.05) is 55.6 Å². The first kappa shape index (κ1) is 19.6. The molecule has 0 aliphatic rings. The molecule has 0 radical (unpaired) electrons. The van der Waals surface area contributed by atoms with Crippen LogP contribution in [0.15, 0.2) is 18.2 Å². The lowest BCUT2D eigenvalue weighted by Gasteiger charge is -2.17. The number of hydrogen-bond donors (Lipinski definition) is 2. The van der Waals surface area contributed by atoms with Crippen molar-refractivity contribution in [3.63, 3.8) is 0 Å². The molecule has 0 atom stereocenters. The maximum atomic E-state index is 12.2. The summed E-state index contributed by atoms with van der Waals surface area (Å²) in [6.45, 7) is 6.95. The summed E-state index contributed by atoms with van der Waals surface area (Å²) >= 11 is 18.3. The van der Waals surface area contributed by atoms with E-state index in [0.29, 0.717) is 26.4 Å². The van der Waals surface area contributed by atoms with Crippen molar-refractivity contribution in [2.45, 2.75) is 27.7 Å². The van der Waals surface area contributed by atoms with Crippen LogP contribution in [0.2, 0.25) is 15.1 Å². The Bertz CT molecular complexity index is 817. The molecule has 1 heterocycles. The molecular formula is C16H17Cl3N4O2. The van der Waals surface area contributed by atoms with E-state index in [2.05, 4.69) is 16.0 Å². The fourth-order valence-corrected chi connectivity index (χ4v) is 2.89. The van der Waals surface area contributed by atoms with Crippen molar-refractivity contribution in [1.82, 2.24) is 20.6 Å². The average molecular weight is 404 g/mol. The first-order valence-electron chi connectivity index (χ1n) is 7.33. The zero-order chi connectivity index (χ0) is 18.9. The Morgan fingerprint density at radius 2 is 1.60 bits per heavy atom.